The summed E-state index contributed by atoms with van der Waals surface area (Å²) < 4.78 is 6.68. The average Bonchev–Trinajstić information content (AvgIpc) is 3.53. The topological polar surface area (TPSA) is 28.4 Å². The lowest BCUT2D eigenvalue weighted by Crippen LogP contribution is -2.16. The third kappa shape index (κ3) is 6.23. The first-order chi connectivity index (χ1) is 25.5. The summed E-state index contributed by atoms with van der Waals surface area (Å²) in [5.74, 6) is 1.80. The SMILES string of the molecule is CCN(c1ccc(C2CCCCC2)cc1)c1ccc2cc3c(cc2c1)oc1cc2c(C(C)C)c(Nc4ccc(C5CCCCC5)cc4)ccc2cc13. The predicted octanol–water partition coefficient (Wildman–Crippen LogP) is 15.0. The molecule has 2 aliphatic rings. The maximum absolute atomic E-state index is 6.68. The predicted molar refractivity (Wildman–Crippen MR) is 223 cm³/mol. The molecule has 2 fully saturated rings. The van der Waals surface area contributed by atoms with Gasteiger partial charge in [-0.1, -0.05) is 88.8 Å². The molecule has 52 heavy (non-hydrogen) atoms. The molecule has 9 rings (SSSR count). The minimum absolute atomic E-state index is 0.348. The molecule has 7 aromatic rings. The van der Waals surface area contributed by atoms with Gasteiger partial charge in [0.15, 0.2) is 0 Å². The highest BCUT2D eigenvalue weighted by Crippen LogP contribution is 2.41. The van der Waals surface area contributed by atoms with Crippen LogP contribution in [0.5, 0.6) is 0 Å². The van der Waals surface area contributed by atoms with Gasteiger partial charge in [0, 0.05) is 40.1 Å². The summed E-state index contributed by atoms with van der Waals surface area (Å²) in [5.41, 5.74) is 11.0. The van der Waals surface area contributed by atoms with Crippen LogP contribution in [0, 0.1) is 0 Å². The first-order valence-corrected chi connectivity index (χ1v) is 20.1. The second-order valence-corrected chi connectivity index (χ2v) is 16.0. The molecule has 0 atom stereocenters. The molecule has 0 unspecified atom stereocenters. The molecule has 6 aromatic carbocycles. The van der Waals surface area contributed by atoms with E-state index in [9.17, 15) is 0 Å². The van der Waals surface area contributed by atoms with Crippen LogP contribution in [0.25, 0.3) is 43.5 Å². The Hall–Kier alpha value is -4.76. The van der Waals surface area contributed by atoms with Crippen LogP contribution in [-0.2, 0) is 0 Å². The average molecular weight is 685 g/mol. The summed E-state index contributed by atoms with van der Waals surface area (Å²) >= 11 is 0. The van der Waals surface area contributed by atoms with Crippen LogP contribution in [0.3, 0.4) is 0 Å². The van der Waals surface area contributed by atoms with Crippen molar-refractivity contribution in [2.45, 2.75) is 103 Å². The molecule has 3 heteroatoms. The van der Waals surface area contributed by atoms with Crippen molar-refractivity contribution in [3.8, 4) is 0 Å². The Morgan fingerprint density at radius 2 is 1.15 bits per heavy atom. The molecule has 3 nitrogen and oxygen atoms in total. The van der Waals surface area contributed by atoms with E-state index in [2.05, 4.69) is 134 Å². The summed E-state index contributed by atoms with van der Waals surface area (Å²) in [6, 6.07) is 39.2. The first-order valence-electron chi connectivity index (χ1n) is 20.1. The van der Waals surface area contributed by atoms with Crippen molar-refractivity contribution in [3.05, 3.63) is 120 Å². The molecule has 1 N–H and O–H groups in total. The number of benzene rings is 6. The van der Waals surface area contributed by atoms with Gasteiger partial charge in [0.1, 0.15) is 11.2 Å². The van der Waals surface area contributed by atoms with Crippen LogP contribution < -0.4 is 10.2 Å². The lowest BCUT2D eigenvalue weighted by molar-refractivity contribution is 0.443. The minimum Gasteiger partial charge on any atom is -0.456 e. The summed E-state index contributed by atoms with van der Waals surface area (Å²) in [4.78, 5) is 2.42. The van der Waals surface area contributed by atoms with Crippen LogP contribution in [-0.4, -0.2) is 6.54 Å². The van der Waals surface area contributed by atoms with Gasteiger partial charge < -0.3 is 14.6 Å². The summed E-state index contributed by atoms with van der Waals surface area (Å²) in [6.45, 7) is 7.75. The zero-order chi connectivity index (χ0) is 35.2. The van der Waals surface area contributed by atoms with Gasteiger partial charge in [0.25, 0.3) is 0 Å². The fourth-order valence-corrected chi connectivity index (χ4v) is 9.55. The maximum atomic E-state index is 6.68. The van der Waals surface area contributed by atoms with Crippen molar-refractivity contribution < 1.29 is 4.42 Å². The van der Waals surface area contributed by atoms with Crippen molar-refractivity contribution in [3.63, 3.8) is 0 Å². The van der Waals surface area contributed by atoms with Gasteiger partial charge >= 0.3 is 0 Å². The third-order valence-corrected chi connectivity index (χ3v) is 12.3. The number of fused-ring (bicyclic) bond motifs is 5. The Morgan fingerprint density at radius 3 is 1.79 bits per heavy atom. The Morgan fingerprint density at radius 1 is 0.577 bits per heavy atom. The van der Waals surface area contributed by atoms with E-state index in [1.165, 1.54) is 130 Å². The number of nitrogens with one attached hydrogen (secondary N) is 1. The van der Waals surface area contributed by atoms with Crippen LogP contribution in [0.15, 0.2) is 108 Å². The Balaban J connectivity index is 1.03. The van der Waals surface area contributed by atoms with E-state index in [1.807, 2.05) is 0 Å². The number of hydrogen-bond acceptors (Lipinski definition) is 3. The van der Waals surface area contributed by atoms with Crippen molar-refractivity contribution in [2.75, 3.05) is 16.8 Å². The van der Waals surface area contributed by atoms with Crippen LogP contribution in [0.2, 0.25) is 0 Å². The Bertz CT molecular complexity index is 2350. The highest BCUT2D eigenvalue weighted by Gasteiger charge is 2.19. The van der Waals surface area contributed by atoms with Gasteiger partial charge in [-0.15, -0.1) is 0 Å². The molecule has 0 bridgehead atoms. The van der Waals surface area contributed by atoms with Crippen molar-refractivity contribution >= 4 is 66.2 Å². The fourth-order valence-electron chi connectivity index (χ4n) is 9.55. The van der Waals surface area contributed by atoms with Gasteiger partial charge in [0.2, 0.25) is 0 Å². The lowest BCUT2D eigenvalue weighted by atomic mass is 9.84. The van der Waals surface area contributed by atoms with E-state index in [1.54, 1.807) is 0 Å². The molecule has 0 aliphatic heterocycles. The van der Waals surface area contributed by atoms with Crippen molar-refractivity contribution in [1.29, 1.82) is 0 Å². The normalized spacial score (nSPS) is 16.1. The minimum atomic E-state index is 0.348. The molecule has 264 valence electrons. The number of furan rings is 1. The number of nitrogens with zero attached hydrogens (tertiary/aromatic N) is 1. The lowest BCUT2D eigenvalue weighted by Gasteiger charge is -2.26. The second kappa shape index (κ2) is 14.0. The molecule has 2 aliphatic carbocycles. The molecule has 0 spiro atoms. The monoisotopic (exact) mass is 684 g/mol. The van der Waals surface area contributed by atoms with E-state index in [0.29, 0.717) is 5.92 Å². The second-order valence-electron chi connectivity index (χ2n) is 16.0. The highest BCUT2D eigenvalue weighted by atomic mass is 16.3. The number of anilines is 4. The summed E-state index contributed by atoms with van der Waals surface area (Å²) in [5, 5.41) is 11.1. The zero-order valence-corrected chi connectivity index (χ0v) is 31.2. The third-order valence-electron chi connectivity index (χ3n) is 12.3. The quantitative estimate of drug-likeness (QED) is 0.173. The smallest absolute Gasteiger partial charge is 0.136 e. The van der Waals surface area contributed by atoms with Gasteiger partial charge in [-0.05, 0) is 155 Å². The molecule has 2 saturated carbocycles. The number of rotatable bonds is 8. The van der Waals surface area contributed by atoms with Crippen LogP contribution in [0.1, 0.15) is 119 Å². The molecular weight excluding hydrogens is 633 g/mol. The van der Waals surface area contributed by atoms with E-state index in [4.69, 9.17) is 4.42 Å². The molecule has 0 saturated heterocycles. The maximum Gasteiger partial charge on any atom is 0.136 e. The Labute approximate surface area is 309 Å². The summed E-state index contributed by atoms with van der Waals surface area (Å²) in [7, 11) is 0. The Kier molecular flexibility index (Phi) is 8.91. The molecule has 0 radical (unpaired) electrons. The van der Waals surface area contributed by atoms with Gasteiger partial charge in [-0.25, -0.2) is 0 Å². The van der Waals surface area contributed by atoms with E-state index >= 15 is 0 Å². The standard InChI is InChI=1S/C49H52N2O/c1-4-51(41-23-17-36(18-24-41)34-13-9-6-10-14-34)42-25-19-37-28-44-45-29-38-20-26-46(50-40-21-15-35(16-22-40)33-11-7-5-8-12-33)49(32(2)3)43(38)31-48(45)52-47(44)30-39(37)27-42/h15-34,50H,4-14H2,1-3H3. The molecule has 1 heterocycles. The summed E-state index contributed by atoms with van der Waals surface area (Å²) in [6.07, 6.45) is 13.6. The zero-order valence-electron chi connectivity index (χ0n) is 31.2. The van der Waals surface area contributed by atoms with Gasteiger partial charge in [-0.3, -0.25) is 0 Å². The van der Waals surface area contributed by atoms with Gasteiger partial charge in [-0.2, -0.15) is 0 Å². The fraction of sp³-hybridized carbons (Fsp3) is 0.347. The van der Waals surface area contributed by atoms with Crippen molar-refractivity contribution in [2.24, 2.45) is 0 Å². The van der Waals surface area contributed by atoms with E-state index in [0.717, 1.165) is 35.2 Å². The largest absolute Gasteiger partial charge is 0.456 e. The molecular formula is C49H52N2O. The van der Waals surface area contributed by atoms with E-state index in [-0.39, 0.29) is 0 Å². The number of hydrogen-bond donors (Lipinski definition) is 1. The molecule has 0 amide bonds. The highest BCUT2D eigenvalue weighted by molar-refractivity contribution is 6.14. The van der Waals surface area contributed by atoms with Crippen LogP contribution in [0.4, 0.5) is 22.7 Å². The van der Waals surface area contributed by atoms with Crippen LogP contribution >= 0.6 is 0 Å². The van der Waals surface area contributed by atoms with E-state index < -0.39 is 0 Å². The van der Waals surface area contributed by atoms with Crippen molar-refractivity contribution in [1.82, 2.24) is 0 Å². The molecule has 1 aromatic heterocycles. The first kappa shape index (κ1) is 33.1. The van der Waals surface area contributed by atoms with Gasteiger partial charge in [0.05, 0.1) is 0 Å².